The zero-order valence-electron chi connectivity index (χ0n) is 17.1. The number of rotatable bonds is 13. The summed E-state index contributed by atoms with van der Waals surface area (Å²) in [6.45, 7) is 1.12. The van der Waals surface area contributed by atoms with Crippen LogP contribution in [0.2, 0.25) is 0 Å². The van der Waals surface area contributed by atoms with Gasteiger partial charge in [0.05, 0.1) is 18.9 Å². The molecule has 1 heterocycles. The van der Waals surface area contributed by atoms with Crippen molar-refractivity contribution in [3.05, 3.63) is 11.5 Å². The lowest BCUT2D eigenvalue weighted by Crippen LogP contribution is -2.14. The highest BCUT2D eigenvalue weighted by Crippen LogP contribution is 2.46. The van der Waals surface area contributed by atoms with Crippen molar-refractivity contribution in [3.63, 3.8) is 0 Å². The van der Waals surface area contributed by atoms with E-state index in [1.54, 1.807) is 0 Å². The van der Waals surface area contributed by atoms with Crippen LogP contribution < -0.4 is 0 Å². The van der Waals surface area contributed by atoms with Gasteiger partial charge in [-0.05, 0) is 56.3 Å². The number of hydrogen-bond acceptors (Lipinski definition) is 5. The minimum atomic E-state index is -0.868. The number of hydrogen-bond donors (Lipinski definition) is 3. The Kier molecular flexibility index (Phi) is 9.72. The number of carbonyl (C=O) groups excluding carboxylic acids is 1. The van der Waals surface area contributed by atoms with Crippen LogP contribution in [0.25, 0.3) is 0 Å². The summed E-state index contributed by atoms with van der Waals surface area (Å²) in [5.41, 5.74) is 0. The average Bonchev–Trinajstić information content (AvgIpc) is 3.28. The van der Waals surface area contributed by atoms with E-state index in [1.165, 1.54) is 6.42 Å². The van der Waals surface area contributed by atoms with E-state index in [9.17, 15) is 19.4 Å². The molecule has 1 saturated carbocycles. The first-order chi connectivity index (χ1) is 13.5. The molecule has 2 fully saturated rings. The SMILES string of the molecule is CCCC[C@@H](CF)CCC[C@H]1CC[C@@H]2OC(CCC(O)=C(O)C(=O)CO)C[C@H]12. The molecule has 0 radical (unpaired) electrons. The normalized spacial score (nSPS) is 28.8. The molecule has 5 atom stereocenters. The molecule has 0 aromatic carbocycles. The Labute approximate surface area is 168 Å². The van der Waals surface area contributed by atoms with Crippen molar-refractivity contribution in [1.82, 2.24) is 0 Å². The number of ketones is 1. The van der Waals surface area contributed by atoms with E-state index in [0.29, 0.717) is 18.3 Å². The van der Waals surface area contributed by atoms with Gasteiger partial charge < -0.3 is 20.1 Å². The second kappa shape index (κ2) is 11.8. The van der Waals surface area contributed by atoms with Crippen LogP contribution in [0.1, 0.15) is 77.6 Å². The predicted octanol–water partition coefficient (Wildman–Crippen LogP) is 4.79. The maximum absolute atomic E-state index is 13.1. The van der Waals surface area contributed by atoms with Crippen LogP contribution in [0.4, 0.5) is 4.39 Å². The first-order valence-corrected chi connectivity index (χ1v) is 11.0. The molecule has 28 heavy (non-hydrogen) atoms. The molecule has 5 nitrogen and oxygen atoms in total. The van der Waals surface area contributed by atoms with Gasteiger partial charge in [0.1, 0.15) is 12.4 Å². The highest BCUT2D eigenvalue weighted by Gasteiger charge is 2.43. The van der Waals surface area contributed by atoms with Gasteiger partial charge in [-0.2, -0.15) is 0 Å². The van der Waals surface area contributed by atoms with Crippen LogP contribution in [0.15, 0.2) is 11.5 Å². The zero-order valence-corrected chi connectivity index (χ0v) is 17.1. The Morgan fingerprint density at radius 3 is 2.61 bits per heavy atom. The minimum Gasteiger partial charge on any atom is -0.508 e. The number of unbranched alkanes of at least 4 members (excludes halogenated alkanes) is 1. The monoisotopic (exact) mass is 400 g/mol. The number of aliphatic hydroxyl groups excluding tert-OH is 3. The lowest BCUT2D eigenvalue weighted by Gasteiger charge is -2.19. The maximum Gasteiger partial charge on any atom is 0.225 e. The number of halogens is 1. The zero-order chi connectivity index (χ0) is 20.5. The molecule has 6 heteroatoms. The largest absolute Gasteiger partial charge is 0.508 e. The van der Waals surface area contributed by atoms with Gasteiger partial charge in [-0.3, -0.25) is 9.18 Å². The summed E-state index contributed by atoms with van der Waals surface area (Å²) < 4.78 is 19.3. The average molecular weight is 401 g/mol. The molecule has 0 spiro atoms. The van der Waals surface area contributed by atoms with Crippen LogP contribution >= 0.6 is 0 Å². The van der Waals surface area contributed by atoms with Crippen LogP contribution in [0.5, 0.6) is 0 Å². The number of alkyl halides is 1. The predicted molar refractivity (Wildman–Crippen MR) is 106 cm³/mol. The maximum atomic E-state index is 13.1. The minimum absolute atomic E-state index is 0.0279. The molecule has 3 N–H and O–H groups in total. The van der Waals surface area contributed by atoms with Crippen molar-refractivity contribution in [1.29, 1.82) is 0 Å². The molecule has 2 aliphatic rings. The fraction of sp³-hybridized carbons (Fsp3) is 0.864. The first-order valence-electron chi connectivity index (χ1n) is 11.0. The van der Waals surface area contributed by atoms with Gasteiger partial charge in [0.2, 0.25) is 5.78 Å². The second-order valence-electron chi connectivity index (χ2n) is 8.54. The number of ether oxygens (including phenoxy) is 1. The van der Waals surface area contributed by atoms with E-state index < -0.39 is 18.1 Å². The Bertz CT molecular complexity index is 521. The van der Waals surface area contributed by atoms with Crippen LogP contribution in [-0.4, -0.2) is 46.6 Å². The third kappa shape index (κ3) is 6.45. The quantitative estimate of drug-likeness (QED) is 0.306. The molecular formula is C22H37FO5. The summed E-state index contributed by atoms with van der Waals surface area (Å²) in [5, 5.41) is 28.1. The first kappa shape index (κ1) is 23.1. The molecule has 0 aromatic rings. The number of allylic oxidation sites excluding steroid dienone is 1. The smallest absolute Gasteiger partial charge is 0.225 e. The van der Waals surface area contributed by atoms with Gasteiger partial charge in [0.15, 0.2) is 5.76 Å². The molecule has 1 aliphatic carbocycles. The van der Waals surface area contributed by atoms with Gasteiger partial charge in [0.25, 0.3) is 0 Å². The van der Waals surface area contributed by atoms with E-state index in [1.807, 2.05) is 0 Å². The van der Waals surface area contributed by atoms with E-state index in [2.05, 4.69) is 6.92 Å². The second-order valence-corrected chi connectivity index (χ2v) is 8.54. The van der Waals surface area contributed by atoms with Crippen molar-refractivity contribution in [2.75, 3.05) is 13.3 Å². The van der Waals surface area contributed by atoms with Crippen molar-refractivity contribution in [3.8, 4) is 0 Å². The van der Waals surface area contributed by atoms with Crippen molar-refractivity contribution in [2.45, 2.75) is 89.8 Å². The lowest BCUT2D eigenvalue weighted by molar-refractivity contribution is -0.120. The van der Waals surface area contributed by atoms with Crippen molar-refractivity contribution < 1.29 is 29.2 Å². The fourth-order valence-electron chi connectivity index (χ4n) is 4.89. The van der Waals surface area contributed by atoms with Crippen molar-refractivity contribution in [2.24, 2.45) is 17.8 Å². The number of Topliss-reactive ketones (excluding diaryl/α,β-unsaturated/α-hetero) is 1. The molecular weight excluding hydrogens is 363 g/mol. The molecule has 162 valence electrons. The topological polar surface area (TPSA) is 87.0 Å². The van der Waals surface area contributed by atoms with Gasteiger partial charge in [0, 0.05) is 6.42 Å². The summed E-state index contributed by atoms with van der Waals surface area (Å²) in [7, 11) is 0. The van der Waals surface area contributed by atoms with E-state index >= 15 is 0 Å². The molecule has 0 bridgehead atoms. The highest BCUT2D eigenvalue weighted by atomic mass is 19.1. The molecule has 1 aliphatic heterocycles. The third-order valence-electron chi connectivity index (χ3n) is 6.56. The summed E-state index contributed by atoms with van der Waals surface area (Å²) in [6.07, 6.45) is 10.6. The summed E-state index contributed by atoms with van der Waals surface area (Å²) >= 11 is 0. The molecule has 0 amide bonds. The Morgan fingerprint density at radius 1 is 1.18 bits per heavy atom. The molecule has 2 rings (SSSR count). The van der Waals surface area contributed by atoms with Gasteiger partial charge >= 0.3 is 0 Å². The Morgan fingerprint density at radius 2 is 1.93 bits per heavy atom. The summed E-state index contributed by atoms with van der Waals surface area (Å²) in [6, 6.07) is 0. The fourth-order valence-corrected chi connectivity index (χ4v) is 4.89. The van der Waals surface area contributed by atoms with Crippen LogP contribution in [-0.2, 0) is 9.53 Å². The van der Waals surface area contributed by atoms with E-state index in [4.69, 9.17) is 9.84 Å². The third-order valence-corrected chi connectivity index (χ3v) is 6.56. The van der Waals surface area contributed by atoms with E-state index in [-0.39, 0.29) is 37.0 Å². The standard InChI is InChI=1S/C22H37FO5/c1-2-3-5-15(13-23)6-4-7-16-8-11-21-18(16)12-17(28-21)9-10-19(25)22(27)20(26)14-24/h15-18,21,24-25,27H,2-14H2,1H3/t15-,16+,17?,18-,21+/m1/s1. The van der Waals surface area contributed by atoms with Crippen LogP contribution in [0.3, 0.4) is 0 Å². The number of fused-ring (bicyclic) bond motifs is 1. The van der Waals surface area contributed by atoms with Crippen LogP contribution in [0, 0.1) is 17.8 Å². The van der Waals surface area contributed by atoms with Gasteiger partial charge in [-0.1, -0.05) is 32.6 Å². The highest BCUT2D eigenvalue weighted by molar-refractivity contribution is 5.94. The lowest BCUT2D eigenvalue weighted by atomic mass is 9.85. The molecule has 1 unspecified atom stereocenters. The number of carbonyl (C=O) groups is 1. The van der Waals surface area contributed by atoms with Crippen molar-refractivity contribution >= 4 is 5.78 Å². The summed E-state index contributed by atoms with van der Waals surface area (Å²) in [5.74, 6) is -0.607. The van der Waals surface area contributed by atoms with Gasteiger partial charge in [-0.15, -0.1) is 0 Å². The number of aliphatic hydroxyl groups is 3. The summed E-state index contributed by atoms with van der Waals surface area (Å²) in [4.78, 5) is 11.2. The van der Waals surface area contributed by atoms with Gasteiger partial charge in [-0.25, -0.2) is 0 Å². The Hall–Kier alpha value is -1.14. The molecule has 1 saturated heterocycles. The Balaban J connectivity index is 1.73. The van der Waals surface area contributed by atoms with E-state index in [0.717, 1.165) is 51.4 Å². The molecule has 0 aromatic heterocycles.